The Balaban J connectivity index is 1.51. The molecule has 0 radical (unpaired) electrons. The zero-order chi connectivity index (χ0) is 24.3. The van der Waals surface area contributed by atoms with Crippen molar-refractivity contribution < 1.29 is 27.2 Å². The van der Waals surface area contributed by atoms with E-state index in [0.29, 0.717) is 6.54 Å². The van der Waals surface area contributed by atoms with E-state index in [1.807, 2.05) is 17.5 Å². The van der Waals surface area contributed by atoms with Crippen molar-refractivity contribution in [2.24, 2.45) is 0 Å². The van der Waals surface area contributed by atoms with Crippen LogP contribution < -0.4 is 0 Å². The van der Waals surface area contributed by atoms with Crippen LogP contribution in [0.25, 0.3) is 0 Å². The smallest absolute Gasteiger partial charge is 0.332 e. The Kier molecular flexibility index (Phi) is 7.02. The van der Waals surface area contributed by atoms with Gasteiger partial charge in [0.05, 0.1) is 12.1 Å². The van der Waals surface area contributed by atoms with Crippen molar-refractivity contribution in [2.45, 2.75) is 38.1 Å². The third kappa shape index (κ3) is 6.02. The van der Waals surface area contributed by atoms with Gasteiger partial charge in [0.1, 0.15) is 12.4 Å². The maximum atomic E-state index is 13.3. The zero-order valence-corrected chi connectivity index (χ0v) is 18.9. The molecule has 0 atom stereocenters. The van der Waals surface area contributed by atoms with Gasteiger partial charge in [-0.2, -0.15) is 13.2 Å². The van der Waals surface area contributed by atoms with E-state index in [9.17, 15) is 27.2 Å². The van der Waals surface area contributed by atoms with Gasteiger partial charge >= 0.3 is 6.18 Å². The molecule has 4 nitrogen and oxygen atoms in total. The van der Waals surface area contributed by atoms with E-state index in [4.69, 9.17) is 0 Å². The SMILES string of the molecule is O=C(CN(C(=O)c1ccc(C(F)(F)F)cc1)C1CC1)N(Cc1ccc(F)cc1)Cc1cccs1. The van der Waals surface area contributed by atoms with Crippen LogP contribution in [0.4, 0.5) is 17.6 Å². The fraction of sp³-hybridized carbons (Fsp3) is 0.280. The summed E-state index contributed by atoms with van der Waals surface area (Å²) in [7, 11) is 0. The summed E-state index contributed by atoms with van der Waals surface area (Å²) in [6, 6.07) is 13.6. The number of carbonyl (C=O) groups is 2. The van der Waals surface area contributed by atoms with Crippen LogP contribution >= 0.6 is 11.3 Å². The van der Waals surface area contributed by atoms with Crippen LogP contribution in [-0.2, 0) is 24.1 Å². The first-order valence-electron chi connectivity index (χ1n) is 10.7. The predicted molar refractivity (Wildman–Crippen MR) is 120 cm³/mol. The molecule has 0 saturated heterocycles. The van der Waals surface area contributed by atoms with Crippen LogP contribution in [0.1, 0.15) is 39.2 Å². The molecule has 1 heterocycles. The second-order valence-electron chi connectivity index (χ2n) is 8.19. The van der Waals surface area contributed by atoms with E-state index in [1.54, 1.807) is 17.0 Å². The molecular weight excluding hydrogens is 468 g/mol. The Morgan fingerprint density at radius 3 is 2.18 bits per heavy atom. The minimum atomic E-state index is -4.49. The molecule has 2 aromatic carbocycles. The standard InChI is InChI=1S/C25H22F4N2O2S/c26-20-9-3-17(4-10-20)14-30(15-22-2-1-13-34-22)23(32)16-31(21-11-12-21)24(33)18-5-7-19(8-6-18)25(27,28)29/h1-10,13,21H,11-12,14-16H2. The lowest BCUT2D eigenvalue weighted by Gasteiger charge is -2.28. The highest BCUT2D eigenvalue weighted by Gasteiger charge is 2.36. The highest BCUT2D eigenvalue weighted by Crippen LogP contribution is 2.31. The third-order valence-electron chi connectivity index (χ3n) is 5.58. The largest absolute Gasteiger partial charge is 0.416 e. The lowest BCUT2D eigenvalue weighted by molar-refractivity contribution is -0.137. The van der Waals surface area contributed by atoms with Crippen molar-refractivity contribution in [2.75, 3.05) is 6.54 Å². The Hall–Kier alpha value is -3.20. The Bertz CT molecular complexity index is 1130. The van der Waals surface area contributed by atoms with Crippen LogP contribution in [-0.4, -0.2) is 34.2 Å². The predicted octanol–water partition coefficient (Wildman–Crippen LogP) is 5.74. The fourth-order valence-electron chi connectivity index (χ4n) is 3.60. The molecule has 9 heteroatoms. The van der Waals surface area contributed by atoms with Gasteiger partial charge in [-0.15, -0.1) is 11.3 Å². The number of benzene rings is 2. The summed E-state index contributed by atoms with van der Waals surface area (Å²) in [6.45, 7) is 0.391. The molecule has 0 aliphatic heterocycles. The molecule has 178 valence electrons. The van der Waals surface area contributed by atoms with Gasteiger partial charge in [0, 0.05) is 23.0 Å². The summed E-state index contributed by atoms with van der Waals surface area (Å²) in [6.07, 6.45) is -3.01. The van der Waals surface area contributed by atoms with Gasteiger partial charge in [-0.25, -0.2) is 4.39 Å². The molecule has 1 saturated carbocycles. The Morgan fingerprint density at radius 2 is 1.62 bits per heavy atom. The average Bonchev–Trinajstić information content (AvgIpc) is 3.52. The molecule has 0 N–H and O–H groups in total. The first kappa shape index (κ1) is 23.9. The number of rotatable bonds is 8. The Morgan fingerprint density at radius 1 is 0.941 bits per heavy atom. The van der Waals surface area contributed by atoms with Gasteiger partial charge in [0.15, 0.2) is 0 Å². The maximum Gasteiger partial charge on any atom is 0.416 e. The summed E-state index contributed by atoms with van der Waals surface area (Å²) < 4.78 is 51.9. The van der Waals surface area contributed by atoms with Crippen molar-refractivity contribution in [3.8, 4) is 0 Å². The number of hydrogen-bond donors (Lipinski definition) is 0. The van der Waals surface area contributed by atoms with Crippen molar-refractivity contribution in [3.05, 3.63) is 93.4 Å². The van der Waals surface area contributed by atoms with Crippen molar-refractivity contribution in [1.82, 2.24) is 9.80 Å². The van der Waals surface area contributed by atoms with Gasteiger partial charge in [-0.1, -0.05) is 18.2 Å². The Labute approximate surface area is 198 Å². The molecule has 0 unspecified atom stereocenters. The third-order valence-corrected chi connectivity index (χ3v) is 6.44. The highest BCUT2D eigenvalue weighted by atomic mass is 32.1. The van der Waals surface area contributed by atoms with Crippen LogP contribution in [0.5, 0.6) is 0 Å². The molecule has 1 fully saturated rings. The van der Waals surface area contributed by atoms with Crippen molar-refractivity contribution in [3.63, 3.8) is 0 Å². The number of carbonyl (C=O) groups excluding carboxylic acids is 2. The lowest BCUT2D eigenvalue weighted by Crippen LogP contribution is -2.43. The van der Waals surface area contributed by atoms with E-state index in [0.717, 1.165) is 47.5 Å². The molecule has 34 heavy (non-hydrogen) atoms. The summed E-state index contributed by atoms with van der Waals surface area (Å²) in [5.41, 5.74) is 0.0221. The van der Waals surface area contributed by atoms with Crippen LogP contribution in [0.3, 0.4) is 0 Å². The van der Waals surface area contributed by atoms with Crippen LogP contribution in [0, 0.1) is 5.82 Å². The van der Waals surface area contributed by atoms with Crippen LogP contribution in [0.2, 0.25) is 0 Å². The van der Waals surface area contributed by atoms with Gasteiger partial charge in [-0.05, 0) is 66.2 Å². The van der Waals surface area contributed by atoms with Crippen LogP contribution in [0.15, 0.2) is 66.0 Å². The molecule has 1 aliphatic carbocycles. The van der Waals surface area contributed by atoms with Gasteiger partial charge in [-0.3, -0.25) is 9.59 Å². The minimum Gasteiger partial charge on any atom is -0.332 e. The first-order valence-corrected chi connectivity index (χ1v) is 11.6. The molecule has 2 amide bonds. The normalized spacial score (nSPS) is 13.5. The molecule has 3 aromatic rings. The molecule has 0 bridgehead atoms. The monoisotopic (exact) mass is 490 g/mol. The molecule has 1 aromatic heterocycles. The average molecular weight is 491 g/mol. The van der Waals surface area contributed by atoms with E-state index < -0.39 is 17.6 Å². The number of amides is 2. The maximum absolute atomic E-state index is 13.3. The minimum absolute atomic E-state index is 0.107. The summed E-state index contributed by atoms with van der Waals surface area (Å²) >= 11 is 1.50. The number of halogens is 4. The van der Waals surface area contributed by atoms with E-state index in [1.165, 1.54) is 28.4 Å². The molecule has 1 aliphatic rings. The summed E-state index contributed by atoms with van der Waals surface area (Å²) in [4.78, 5) is 30.4. The van der Waals surface area contributed by atoms with E-state index in [2.05, 4.69) is 0 Å². The summed E-state index contributed by atoms with van der Waals surface area (Å²) in [5, 5.41) is 1.90. The van der Waals surface area contributed by atoms with Gasteiger partial charge < -0.3 is 9.80 Å². The van der Waals surface area contributed by atoms with Gasteiger partial charge in [0.25, 0.3) is 5.91 Å². The highest BCUT2D eigenvalue weighted by molar-refractivity contribution is 7.09. The number of nitrogens with zero attached hydrogens (tertiary/aromatic N) is 2. The molecule has 4 rings (SSSR count). The second-order valence-corrected chi connectivity index (χ2v) is 9.23. The van der Waals surface area contributed by atoms with E-state index in [-0.39, 0.29) is 36.4 Å². The number of alkyl halides is 3. The van der Waals surface area contributed by atoms with Crippen molar-refractivity contribution in [1.29, 1.82) is 0 Å². The number of thiophene rings is 1. The second kappa shape index (κ2) is 9.97. The van der Waals surface area contributed by atoms with Crippen molar-refractivity contribution >= 4 is 23.2 Å². The number of hydrogen-bond acceptors (Lipinski definition) is 3. The first-order chi connectivity index (χ1) is 16.2. The molecular formula is C25H22F4N2O2S. The van der Waals surface area contributed by atoms with Gasteiger partial charge in [0.2, 0.25) is 5.91 Å². The quantitative estimate of drug-likeness (QED) is 0.378. The fourth-order valence-corrected chi connectivity index (χ4v) is 4.32. The lowest BCUT2D eigenvalue weighted by atomic mass is 10.1. The summed E-state index contributed by atoms with van der Waals surface area (Å²) in [5.74, 6) is -1.13. The molecule has 0 spiro atoms. The topological polar surface area (TPSA) is 40.6 Å². The zero-order valence-electron chi connectivity index (χ0n) is 18.1. The van der Waals surface area contributed by atoms with E-state index >= 15 is 0 Å².